The zero-order chi connectivity index (χ0) is 23.9. The number of aryl methyl sites for hydroxylation is 1. The number of anilines is 2. The SMILES string of the molecule is CC(=O)Nc1ccc(S(=O)(=O)NCC(=O)OCC(=O)Nc2ccc(C)cc2[N+](=O)[O-])cc1. The van der Waals surface area contributed by atoms with Crippen LogP contribution in [0.15, 0.2) is 47.4 Å². The Morgan fingerprint density at radius 1 is 1.06 bits per heavy atom. The Bertz CT molecular complexity index is 1150. The van der Waals surface area contributed by atoms with Crippen LogP contribution in [-0.4, -0.2) is 44.3 Å². The summed E-state index contributed by atoms with van der Waals surface area (Å²) in [5.74, 6) is -2.18. The number of hydrogen-bond donors (Lipinski definition) is 3. The van der Waals surface area contributed by atoms with Crippen molar-refractivity contribution in [3.63, 3.8) is 0 Å². The normalized spacial score (nSPS) is 10.8. The fraction of sp³-hybridized carbons (Fsp3) is 0.211. The zero-order valence-electron chi connectivity index (χ0n) is 17.1. The second-order valence-electron chi connectivity index (χ2n) is 6.52. The number of amides is 2. The highest BCUT2D eigenvalue weighted by atomic mass is 32.2. The zero-order valence-corrected chi connectivity index (χ0v) is 17.9. The number of nitrogens with one attached hydrogen (secondary N) is 3. The van der Waals surface area contributed by atoms with Gasteiger partial charge in [-0.15, -0.1) is 0 Å². The van der Waals surface area contributed by atoms with Crippen LogP contribution in [0.2, 0.25) is 0 Å². The van der Waals surface area contributed by atoms with E-state index in [0.29, 0.717) is 11.3 Å². The third-order valence-electron chi connectivity index (χ3n) is 3.88. The van der Waals surface area contributed by atoms with Crippen molar-refractivity contribution in [2.75, 3.05) is 23.8 Å². The highest BCUT2D eigenvalue weighted by molar-refractivity contribution is 7.89. The van der Waals surface area contributed by atoms with Crippen LogP contribution in [0.25, 0.3) is 0 Å². The van der Waals surface area contributed by atoms with Crippen molar-refractivity contribution in [1.82, 2.24) is 4.72 Å². The first kappa shape index (κ1) is 24.4. The van der Waals surface area contributed by atoms with E-state index in [-0.39, 0.29) is 22.2 Å². The minimum absolute atomic E-state index is 0.0648. The van der Waals surface area contributed by atoms with E-state index in [1.807, 2.05) is 4.72 Å². The fourth-order valence-electron chi connectivity index (χ4n) is 2.44. The predicted octanol–water partition coefficient (Wildman–Crippen LogP) is 1.32. The number of nitro groups is 1. The van der Waals surface area contributed by atoms with Gasteiger partial charge in [0.05, 0.1) is 9.82 Å². The van der Waals surface area contributed by atoms with Gasteiger partial charge in [-0.2, -0.15) is 4.72 Å². The van der Waals surface area contributed by atoms with Gasteiger partial charge in [-0.25, -0.2) is 8.42 Å². The first-order valence-corrected chi connectivity index (χ1v) is 10.5. The molecule has 2 aromatic carbocycles. The lowest BCUT2D eigenvalue weighted by Crippen LogP contribution is -2.32. The second-order valence-corrected chi connectivity index (χ2v) is 8.28. The molecule has 0 saturated carbocycles. The van der Waals surface area contributed by atoms with E-state index >= 15 is 0 Å². The molecule has 0 fully saturated rings. The Morgan fingerprint density at radius 2 is 1.72 bits per heavy atom. The number of carbonyl (C=O) groups is 3. The van der Waals surface area contributed by atoms with Gasteiger partial charge < -0.3 is 15.4 Å². The van der Waals surface area contributed by atoms with E-state index in [9.17, 15) is 32.9 Å². The highest BCUT2D eigenvalue weighted by Crippen LogP contribution is 2.25. The molecule has 32 heavy (non-hydrogen) atoms. The molecule has 0 atom stereocenters. The molecular formula is C19H20N4O8S. The molecule has 0 bridgehead atoms. The number of hydrogen-bond acceptors (Lipinski definition) is 8. The topological polar surface area (TPSA) is 174 Å². The molecule has 13 heteroatoms. The number of benzene rings is 2. The van der Waals surface area contributed by atoms with Crippen LogP contribution in [0.4, 0.5) is 17.1 Å². The third kappa shape index (κ3) is 7.14. The lowest BCUT2D eigenvalue weighted by Gasteiger charge is -2.09. The Labute approximate surface area is 183 Å². The predicted molar refractivity (Wildman–Crippen MR) is 113 cm³/mol. The van der Waals surface area contributed by atoms with Gasteiger partial charge in [0.1, 0.15) is 12.2 Å². The number of ether oxygens (including phenoxy) is 1. The van der Waals surface area contributed by atoms with Crippen LogP contribution in [0, 0.1) is 17.0 Å². The smallest absolute Gasteiger partial charge is 0.321 e. The number of rotatable bonds is 9. The number of sulfonamides is 1. The Morgan fingerprint density at radius 3 is 2.31 bits per heavy atom. The molecule has 2 rings (SSSR count). The summed E-state index contributed by atoms with van der Waals surface area (Å²) >= 11 is 0. The largest absolute Gasteiger partial charge is 0.455 e. The van der Waals surface area contributed by atoms with E-state index in [2.05, 4.69) is 10.6 Å². The standard InChI is InChI=1S/C19H20N4O8S/c1-12-3-8-16(17(9-12)23(27)28)22-18(25)11-31-19(26)10-20-32(29,30)15-6-4-14(5-7-15)21-13(2)24/h3-9,20H,10-11H2,1-2H3,(H,21,24)(H,22,25). The van der Waals surface area contributed by atoms with Crippen LogP contribution in [0.3, 0.4) is 0 Å². The maximum atomic E-state index is 12.2. The summed E-state index contributed by atoms with van der Waals surface area (Å²) < 4.78 is 31.2. The van der Waals surface area contributed by atoms with E-state index in [1.54, 1.807) is 13.0 Å². The fourth-order valence-corrected chi connectivity index (χ4v) is 3.41. The van der Waals surface area contributed by atoms with Crippen molar-refractivity contribution in [2.24, 2.45) is 0 Å². The number of esters is 1. The average Bonchev–Trinajstić information content (AvgIpc) is 2.72. The highest BCUT2D eigenvalue weighted by Gasteiger charge is 2.19. The molecule has 0 unspecified atom stereocenters. The average molecular weight is 464 g/mol. The number of carbonyl (C=O) groups excluding carboxylic acids is 3. The summed E-state index contributed by atoms with van der Waals surface area (Å²) in [7, 11) is -4.05. The van der Waals surface area contributed by atoms with Gasteiger partial charge in [-0.1, -0.05) is 6.07 Å². The molecule has 2 amide bonds. The van der Waals surface area contributed by atoms with Crippen molar-refractivity contribution in [3.05, 3.63) is 58.1 Å². The maximum absolute atomic E-state index is 12.2. The first-order chi connectivity index (χ1) is 15.0. The molecule has 170 valence electrons. The first-order valence-electron chi connectivity index (χ1n) is 9.06. The molecule has 0 aliphatic heterocycles. The third-order valence-corrected chi connectivity index (χ3v) is 5.30. The molecule has 12 nitrogen and oxygen atoms in total. The van der Waals surface area contributed by atoms with Gasteiger partial charge in [0.25, 0.3) is 11.6 Å². The van der Waals surface area contributed by atoms with Gasteiger partial charge >= 0.3 is 5.97 Å². The summed E-state index contributed by atoms with van der Waals surface area (Å²) in [6, 6.07) is 9.41. The van der Waals surface area contributed by atoms with Crippen molar-refractivity contribution in [3.8, 4) is 0 Å². The summed E-state index contributed by atoms with van der Waals surface area (Å²) in [4.78, 5) is 45.0. The summed E-state index contributed by atoms with van der Waals surface area (Å²) in [6.45, 7) is 1.45. The molecule has 2 aromatic rings. The molecule has 0 heterocycles. The molecule has 0 saturated heterocycles. The van der Waals surface area contributed by atoms with Crippen LogP contribution >= 0.6 is 0 Å². The lowest BCUT2D eigenvalue weighted by atomic mass is 10.2. The molecule has 0 spiro atoms. The number of nitro benzene ring substituents is 1. The molecule has 3 N–H and O–H groups in total. The Hall–Kier alpha value is -3.84. The molecule has 0 radical (unpaired) electrons. The van der Waals surface area contributed by atoms with Crippen molar-refractivity contribution in [2.45, 2.75) is 18.7 Å². The lowest BCUT2D eigenvalue weighted by molar-refractivity contribution is -0.384. The summed E-state index contributed by atoms with van der Waals surface area (Å²) in [6.07, 6.45) is 0. The van der Waals surface area contributed by atoms with Gasteiger partial charge in [0.15, 0.2) is 6.61 Å². The monoisotopic (exact) mass is 464 g/mol. The van der Waals surface area contributed by atoms with E-state index in [0.717, 1.165) is 0 Å². The van der Waals surface area contributed by atoms with Crippen LogP contribution < -0.4 is 15.4 Å². The summed E-state index contributed by atoms with van der Waals surface area (Å²) in [5.41, 5.74) is 0.640. The van der Waals surface area contributed by atoms with E-state index < -0.39 is 40.0 Å². The minimum Gasteiger partial charge on any atom is -0.455 e. The van der Waals surface area contributed by atoms with Crippen molar-refractivity contribution in [1.29, 1.82) is 0 Å². The van der Waals surface area contributed by atoms with E-state index in [4.69, 9.17) is 4.74 Å². The maximum Gasteiger partial charge on any atom is 0.321 e. The quantitative estimate of drug-likeness (QED) is 0.283. The van der Waals surface area contributed by atoms with Crippen molar-refractivity contribution < 1.29 is 32.5 Å². The second kappa shape index (κ2) is 10.5. The summed E-state index contributed by atoms with van der Waals surface area (Å²) in [5, 5.41) is 15.8. The van der Waals surface area contributed by atoms with Gasteiger partial charge in [-0.05, 0) is 42.8 Å². The molecular weight excluding hydrogens is 444 g/mol. The van der Waals surface area contributed by atoms with Gasteiger partial charge in [0, 0.05) is 18.7 Å². The van der Waals surface area contributed by atoms with Crippen LogP contribution in [0.5, 0.6) is 0 Å². The van der Waals surface area contributed by atoms with Crippen LogP contribution in [-0.2, 0) is 29.1 Å². The molecule has 0 aromatic heterocycles. The molecule has 0 aliphatic rings. The van der Waals surface area contributed by atoms with Gasteiger partial charge in [-0.3, -0.25) is 24.5 Å². The minimum atomic E-state index is -4.05. The van der Waals surface area contributed by atoms with Gasteiger partial charge in [0.2, 0.25) is 15.9 Å². The Kier molecular flexibility index (Phi) is 7.98. The van der Waals surface area contributed by atoms with E-state index in [1.165, 1.54) is 43.3 Å². The van der Waals surface area contributed by atoms with Crippen LogP contribution in [0.1, 0.15) is 12.5 Å². The molecule has 0 aliphatic carbocycles. The Balaban J connectivity index is 1.87. The number of nitrogens with zero attached hydrogens (tertiary/aromatic N) is 1. The van der Waals surface area contributed by atoms with Crippen molar-refractivity contribution >= 4 is 44.9 Å².